The average Bonchev–Trinajstić information content (AvgIpc) is 2.45. The lowest BCUT2D eigenvalue weighted by atomic mass is 10.1. The summed E-state index contributed by atoms with van der Waals surface area (Å²) in [6.45, 7) is 0.195. The predicted octanol–water partition coefficient (Wildman–Crippen LogP) is 2.14. The molecule has 3 N–H and O–H groups in total. The van der Waals surface area contributed by atoms with E-state index in [-0.39, 0.29) is 35.6 Å². The van der Waals surface area contributed by atoms with Gasteiger partial charge in [0.25, 0.3) is 0 Å². The first kappa shape index (κ1) is 18.4. The molecule has 0 bridgehead atoms. The second kappa shape index (κ2) is 7.29. The summed E-state index contributed by atoms with van der Waals surface area (Å²) in [6.07, 6.45) is -3.51. The summed E-state index contributed by atoms with van der Waals surface area (Å²) in [5.74, 6) is -0.425. The molecule has 24 heavy (non-hydrogen) atoms. The largest absolute Gasteiger partial charge is 0.573 e. The van der Waals surface area contributed by atoms with Crippen molar-refractivity contribution in [3.05, 3.63) is 24.3 Å². The van der Waals surface area contributed by atoms with E-state index in [1.165, 1.54) is 18.2 Å². The Hall–Kier alpha value is -1.97. The quantitative estimate of drug-likeness (QED) is 0.630. The number of hydrogen-bond acceptors (Lipinski definition) is 4. The number of aliphatic imine (C=N–C) groups is 1. The molecule has 1 aromatic rings. The van der Waals surface area contributed by atoms with Crippen molar-refractivity contribution < 1.29 is 26.3 Å². The molecule has 1 heterocycles. The normalized spacial score (nSPS) is 21.3. The lowest BCUT2D eigenvalue weighted by Crippen LogP contribution is -2.29. The van der Waals surface area contributed by atoms with Gasteiger partial charge in [0, 0.05) is 6.54 Å². The third-order valence-corrected chi connectivity index (χ3v) is 5.34. The van der Waals surface area contributed by atoms with Gasteiger partial charge in [-0.3, -0.25) is 4.99 Å². The molecule has 1 aromatic carbocycles. The van der Waals surface area contributed by atoms with Gasteiger partial charge in [0.1, 0.15) is 0 Å². The zero-order valence-corrected chi connectivity index (χ0v) is 13.5. The Bertz CT molecular complexity index is 705. The van der Waals surface area contributed by atoms with E-state index in [9.17, 15) is 21.6 Å². The van der Waals surface area contributed by atoms with Crippen molar-refractivity contribution >= 4 is 21.5 Å². The van der Waals surface area contributed by atoms with Gasteiger partial charge in [0.2, 0.25) is 0 Å². The van der Waals surface area contributed by atoms with Gasteiger partial charge >= 0.3 is 6.36 Å². The smallest absolute Gasteiger partial charge is 0.404 e. The second-order valence-electron chi connectivity index (χ2n) is 5.52. The van der Waals surface area contributed by atoms with Crippen molar-refractivity contribution in [2.75, 3.05) is 23.4 Å². The number of nitrogens with one attached hydrogen (secondary N) is 1. The van der Waals surface area contributed by atoms with Crippen molar-refractivity contribution in [1.82, 2.24) is 0 Å². The molecule has 0 radical (unpaired) electrons. The molecule has 6 nitrogen and oxygen atoms in total. The Morgan fingerprint density at radius 3 is 2.75 bits per heavy atom. The highest BCUT2D eigenvalue weighted by molar-refractivity contribution is 7.91. The van der Waals surface area contributed by atoms with E-state index >= 15 is 0 Å². The average molecular weight is 365 g/mol. The van der Waals surface area contributed by atoms with Crippen LogP contribution in [0.4, 0.5) is 18.9 Å². The van der Waals surface area contributed by atoms with Gasteiger partial charge in [0.15, 0.2) is 21.5 Å². The van der Waals surface area contributed by atoms with E-state index in [1.54, 1.807) is 0 Å². The van der Waals surface area contributed by atoms with Gasteiger partial charge in [-0.05, 0) is 30.9 Å². The van der Waals surface area contributed by atoms with Crippen LogP contribution in [0.3, 0.4) is 0 Å². The first-order valence-electron chi connectivity index (χ1n) is 7.27. The van der Waals surface area contributed by atoms with Crippen molar-refractivity contribution in [3.63, 3.8) is 0 Å². The molecule has 2 rings (SSSR count). The minimum Gasteiger partial charge on any atom is -0.404 e. The summed E-state index contributed by atoms with van der Waals surface area (Å²) in [4.78, 5) is 4.03. The number of anilines is 1. The first-order chi connectivity index (χ1) is 11.1. The van der Waals surface area contributed by atoms with Gasteiger partial charge in [-0.25, -0.2) is 8.42 Å². The summed E-state index contributed by atoms with van der Waals surface area (Å²) < 4.78 is 64.1. The molecular formula is C14H18F3N3O3S. The Kier molecular flexibility index (Phi) is 5.58. The highest BCUT2D eigenvalue weighted by Gasteiger charge is 2.32. The molecule has 1 aliphatic heterocycles. The molecule has 134 valence electrons. The minimum absolute atomic E-state index is 0.0207. The Balaban J connectivity index is 2.00. The predicted molar refractivity (Wildman–Crippen MR) is 84.6 cm³/mol. The third kappa shape index (κ3) is 5.91. The topological polar surface area (TPSA) is 93.8 Å². The zero-order chi connectivity index (χ0) is 17.8. The number of para-hydroxylation sites is 2. The van der Waals surface area contributed by atoms with Gasteiger partial charge in [0.05, 0.1) is 17.2 Å². The molecule has 10 heteroatoms. The fourth-order valence-corrected chi connectivity index (χ4v) is 4.21. The lowest BCUT2D eigenvalue weighted by molar-refractivity contribution is -0.274. The van der Waals surface area contributed by atoms with E-state index in [0.717, 1.165) is 12.5 Å². The number of guanidine groups is 1. The number of nitrogens with zero attached hydrogens (tertiary/aromatic N) is 1. The van der Waals surface area contributed by atoms with Gasteiger partial charge in [-0.1, -0.05) is 12.1 Å². The molecule has 0 aromatic heterocycles. The Labute approximate surface area is 137 Å². The van der Waals surface area contributed by atoms with Crippen molar-refractivity contribution in [3.8, 4) is 5.75 Å². The van der Waals surface area contributed by atoms with Crippen molar-refractivity contribution in [2.45, 2.75) is 19.2 Å². The number of hydrogen-bond donors (Lipinski definition) is 2. The number of sulfone groups is 1. The van der Waals surface area contributed by atoms with Crippen molar-refractivity contribution in [2.24, 2.45) is 16.6 Å². The number of alkyl halides is 3. The zero-order valence-electron chi connectivity index (χ0n) is 12.7. The molecule has 1 atom stereocenters. The molecule has 1 fully saturated rings. The molecule has 0 saturated carbocycles. The number of ether oxygens (including phenoxy) is 1. The van der Waals surface area contributed by atoms with Gasteiger partial charge in [-0.2, -0.15) is 0 Å². The number of halogens is 3. The van der Waals surface area contributed by atoms with Crippen LogP contribution in [0, 0.1) is 5.92 Å². The molecule has 0 amide bonds. The number of rotatable bonds is 4. The van der Waals surface area contributed by atoms with Gasteiger partial charge in [-0.15, -0.1) is 13.2 Å². The van der Waals surface area contributed by atoms with E-state index in [2.05, 4.69) is 15.0 Å². The van der Waals surface area contributed by atoms with Crippen LogP contribution in [0.2, 0.25) is 0 Å². The Morgan fingerprint density at radius 2 is 2.08 bits per heavy atom. The van der Waals surface area contributed by atoms with E-state index < -0.39 is 21.9 Å². The van der Waals surface area contributed by atoms with Crippen LogP contribution in [0.1, 0.15) is 12.8 Å². The van der Waals surface area contributed by atoms with Crippen LogP contribution in [0.5, 0.6) is 5.75 Å². The monoisotopic (exact) mass is 365 g/mol. The van der Waals surface area contributed by atoms with Crippen LogP contribution in [0.15, 0.2) is 29.3 Å². The maximum Gasteiger partial charge on any atom is 0.573 e. The van der Waals surface area contributed by atoms with Crippen LogP contribution in [-0.2, 0) is 9.84 Å². The van der Waals surface area contributed by atoms with Crippen molar-refractivity contribution in [1.29, 1.82) is 0 Å². The maximum atomic E-state index is 12.4. The summed E-state index contributed by atoms with van der Waals surface area (Å²) in [6, 6.07) is 5.43. The first-order valence-corrected chi connectivity index (χ1v) is 9.09. The molecule has 0 spiro atoms. The summed E-state index contributed by atoms with van der Waals surface area (Å²) >= 11 is 0. The highest BCUT2D eigenvalue weighted by atomic mass is 32.2. The van der Waals surface area contributed by atoms with Crippen LogP contribution >= 0.6 is 0 Å². The fraction of sp³-hybridized carbons (Fsp3) is 0.500. The molecular weight excluding hydrogens is 347 g/mol. The number of benzene rings is 1. The maximum absolute atomic E-state index is 12.4. The SMILES string of the molecule is NC(=NCC1CCCS(=O)(=O)C1)Nc1ccccc1OC(F)(F)F. The molecule has 1 aliphatic rings. The van der Waals surface area contributed by atoms with E-state index in [4.69, 9.17) is 5.73 Å². The standard InChI is InChI=1S/C14H18F3N3O3S/c15-14(16,17)23-12-6-2-1-5-11(12)20-13(18)19-8-10-4-3-7-24(21,22)9-10/h1-2,5-6,10H,3-4,7-9H2,(H3,18,19,20). The summed E-state index contributed by atoms with van der Waals surface area (Å²) in [5.41, 5.74) is 5.70. The van der Waals surface area contributed by atoms with Crippen LogP contribution in [-0.4, -0.2) is 38.8 Å². The lowest BCUT2D eigenvalue weighted by Gasteiger charge is -2.20. The molecule has 1 saturated heterocycles. The molecule has 1 unspecified atom stereocenters. The third-order valence-electron chi connectivity index (χ3n) is 3.45. The van der Waals surface area contributed by atoms with Crippen LogP contribution in [0.25, 0.3) is 0 Å². The van der Waals surface area contributed by atoms with Crippen LogP contribution < -0.4 is 15.8 Å². The second-order valence-corrected chi connectivity index (χ2v) is 7.75. The van der Waals surface area contributed by atoms with E-state index in [1.807, 2.05) is 0 Å². The highest BCUT2D eigenvalue weighted by Crippen LogP contribution is 2.29. The van der Waals surface area contributed by atoms with Gasteiger partial charge < -0.3 is 15.8 Å². The summed E-state index contributed by atoms with van der Waals surface area (Å²) in [5, 5.41) is 2.55. The fourth-order valence-electron chi connectivity index (χ4n) is 2.45. The summed E-state index contributed by atoms with van der Waals surface area (Å²) in [7, 11) is -3.04. The minimum atomic E-state index is -4.82. The molecule has 0 aliphatic carbocycles. The Morgan fingerprint density at radius 1 is 1.38 bits per heavy atom. The van der Waals surface area contributed by atoms with E-state index in [0.29, 0.717) is 6.42 Å². The number of nitrogens with two attached hydrogens (primary N) is 1.